The SMILES string of the molecule is CN(C(=O)Cc1cnn(-c2ccccc2)c1)C1CCNCC1. The first-order valence-corrected chi connectivity index (χ1v) is 7.79. The Kier molecular flexibility index (Phi) is 4.53. The molecular formula is C17H22N4O. The lowest BCUT2D eigenvalue weighted by Crippen LogP contribution is -2.44. The van der Waals surface area contributed by atoms with E-state index in [1.807, 2.05) is 53.2 Å². The topological polar surface area (TPSA) is 50.2 Å². The van der Waals surface area contributed by atoms with Gasteiger partial charge in [0.15, 0.2) is 0 Å². The van der Waals surface area contributed by atoms with Crippen LogP contribution in [0.1, 0.15) is 18.4 Å². The van der Waals surface area contributed by atoms with Gasteiger partial charge in [0.1, 0.15) is 0 Å². The van der Waals surface area contributed by atoms with Gasteiger partial charge < -0.3 is 10.2 Å². The second-order valence-corrected chi connectivity index (χ2v) is 5.79. The molecule has 1 fully saturated rings. The molecule has 2 aromatic rings. The number of carbonyl (C=O) groups is 1. The van der Waals surface area contributed by atoms with Crippen molar-refractivity contribution in [3.05, 3.63) is 48.3 Å². The Morgan fingerprint density at radius 3 is 2.77 bits per heavy atom. The Labute approximate surface area is 130 Å². The van der Waals surface area contributed by atoms with Crippen LogP contribution in [0.3, 0.4) is 0 Å². The number of para-hydroxylation sites is 1. The molecule has 0 aliphatic carbocycles. The molecule has 1 aromatic carbocycles. The third-order valence-corrected chi connectivity index (χ3v) is 4.26. The lowest BCUT2D eigenvalue weighted by atomic mass is 10.0. The Bertz CT molecular complexity index is 617. The van der Waals surface area contributed by atoms with Crippen LogP contribution in [0.25, 0.3) is 5.69 Å². The maximum Gasteiger partial charge on any atom is 0.227 e. The number of nitrogens with one attached hydrogen (secondary N) is 1. The molecule has 0 saturated carbocycles. The van der Waals surface area contributed by atoms with Gasteiger partial charge in [0.2, 0.25) is 5.91 Å². The highest BCUT2D eigenvalue weighted by Gasteiger charge is 2.22. The smallest absolute Gasteiger partial charge is 0.227 e. The average Bonchev–Trinajstić information content (AvgIpc) is 3.04. The van der Waals surface area contributed by atoms with E-state index in [0.717, 1.165) is 37.2 Å². The Morgan fingerprint density at radius 1 is 1.32 bits per heavy atom. The summed E-state index contributed by atoms with van der Waals surface area (Å²) in [6.07, 6.45) is 6.19. The van der Waals surface area contributed by atoms with Gasteiger partial charge in [-0.15, -0.1) is 0 Å². The van der Waals surface area contributed by atoms with E-state index < -0.39 is 0 Å². The van der Waals surface area contributed by atoms with Crippen LogP contribution in [-0.2, 0) is 11.2 Å². The molecule has 0 unspecified atom stereocenters. The fourth-order valence-electron chi connectivity index (χ4n) is 2.87. The van der Waals surface area contributed by atoms with E-state index in [-0.39, 0.29) is 5.91 Å². The van der Waals surface area contributed by atoms with Crippen LogP contribution < -0.4 is 5.32 Å². The summed E-state index contributed by atoms with van der Waals surface area (Å²) in [7, 11) is 1.92. The number of rotatable bonds is 4. The summed E-state index contributed by atoms with van der Waals surface area (Å²) in [6.45, 7) is 1.99. The number of benzene rings is 1. The quantitative estimate of drug-likeness (QED) is 0.933. The van der Waals surface area contributed by atoms with Crippen LogP contribution in [0, 0.1) is 0 Å². The Hall–Kier alpha value is -2.14. The number of amides is 1. The Balaban J connectivity index is 1.63. The molecule has 1 amide bonds. The molecule has 1 N–H and O–H groups in total. The fourth-order valence-corrected chi connectivity index (χ4v) is 2.87. The molecule has 22 heavy (non-hydrogen) atoms. The molecule has 1 aliphatic heterocycles. The predicted octanol–water partition coefficient (Wildman–Crippen LogP) is 1.63. The van der Waals surface area contributed by atoms with Crippen molar-refractivity contribution in [3.63, 3.8) is 0 Å². The summed E-state index contributed by atoms with van der Waals surface area (Å²) in [4.78, 5) is 14.3. The highest BCUT2D eigenvalue weighted by Crippen LogP contribution is 2.13. The van der Waals surface area contributed by atoms with E-state index in [1.54, 1.807) is 6.20 Å². The highest BCUT2D eigenvalue weighted by atomic mass is 16.2. The number of hydrogen-bond donors (Lipinski definition) is 1. The molecule has 0 spiro atoms. The van der Waals surface area contributed by atoms with Gasteiger partial charge in [-0.25, -0.2) is 4.68 Å². The van der Waals surface area contributed by atoms with Crippen LogP contribution >= 0.6 is 0 Å². The van der Waals surface area contributed by atoms with Gasteiger partial charge in [-0.05, 0) is 43.6 Å². The molecule has 5 nitrogen and oxygen atoms in total. The molecular weight excluding hydrogens is 276 g/mol. The van der Waals surface area contributed by atoms with Crippen LogP contribution in [0.5, 0.6) is 0 Å². The standard InChI is InChI=1S/C17H22N4O/c1-20(15-7-9-18-10-8-15)17(22)11-14-12-19-21(13-14)16-5-3-2-4-6-16/h2-6,12-13,15,18H,7-11H2,1H3. The third kappa shape index (κ3) is 3.36. The number of carbonyl (C=O) groups excluding carboxylic acids is 1. The van der Waals surface area contributed by atoms with Crippen molar-refractivity contribution < 1.29 is 4.79 Å². The molecule has 0 radical (unpaired) electrons. The van der Waals surface area contributed by atoms with Crippen molar-refractivity contribution >= 4 is 5.91 Å². The number of hydrogen-bond acceptors (Lipinski definition) is 3. The molecule has 0 atom stereocenters. The summed E-state index contributed by atoms with van der Waals surface area (Å²) >= 11 is 0. The summed E-state index contributed by atoms with van der Waals surface area (Å²) in [6, 6.07) is 10.3. The van der Waals surface area contributed by atoms with E-state index >= 15 is 0 Å². The molecule has 2 heterocycles. The van der Waals surface area contributed by atoms with Crippen molar-refractivity contribution in [3.8, 4) is 5.69 Å². The Morgan fingerprint density at radius 2 is 2.05 bits per heavy atom. The monoisotopic (exact) mass is 298 g/mol. The van der Waals surface area contributed by atoms with Crippen molar-refractivity contribution in [2.24, 2.45) is 0 Å². The van der Waals surface area contributed by atoms with Crippen LogP contribution in [0.15, 0.2) is 42.7 Å². The van der Waals surface area contributed by atoms with Gasteiger partial charge in [-0.3, -0.25) is 4.79 Å². The highest BCUT2D eigenvalue weighted by molar-refractivity contribution is 5.78. The van der Waals surface area contributed by atoms with Crippen LogP contribution in [0.2, 0.25) is 0 Å². The fraction of sp³-hybridized carbons (Fsp3) is 0.412. The van der Waals surface area contributed by atoms with Crippen molar-refractivity contribution in [1.29, 1.82) is 0 Å². The van der Waals surface area contributed by atoms with E-state index in [0.29, 0.717) is 12.5 Å². The molecule has 1 saturated heterocycles. The average molecular weight is 298 g/mol. The summed E-state index contributed by atoms with van der Waals surface area (Å²) < 4.78 is 1.81. The minimum absolute atomic E-state index is 0.166. The minimum atomic E-state index is 0.166. The molecule has 1 aromatic heterocycles. The van der Waals surface area contributed by atoms with Gasteiger partial charge in [0.25, 0.3) is 0 Å². The lowest BCUT2D eigenvalue weighted by Gasteiger charge is -2.31. The molecule has 0 bridgehead atoms. The zero-order valence-corrected chi connectivity index (χ0v) is 12.9. The van der Waals surface area contributed by atoms with Gasteiger partial charge in [-0.1, -0.05) is 18.2 Å². The number of piperidine rings is 1. The molecule has 116 valence electrons. The maximum absolute atomic E-state index is 12.4. The second-order valence-electron chi connectivity index (χ2n) is 5.79. The lowest BCUT2D eigenvalue weighted by molar-refractivity contribution is -0.131. The number of nitrogens with zero attached hydrogens (tertiary/aromatic N) is 3. The van der Waals surface area contributed by atoms with E-state index in [4.69, 9.17) is 0 Å². The zero-order valence-electron chi connectivity index (χ0n) is 12.9. The zero-order chi connectivity index (χ0) is 15.4. The van der Waals surface area contributed by atoms with E-state index in [9.17, 15) is 4.79 Å². The van der Waals surface area contributed by atoms with Crippen molar-refractivity contribution in [2.75, 3.05) is 20.1 Å². The first kappa shape index (κ1) is 14.8. The minimum Gasteiger partial charge on any atom is -0.342 e. The maximum atomic E-state index is 12.4. The summed E-state index contributed by atoms with van der Waals surface area (Å²) in [5.74, 6) is 0.166. The van der Waals surface area contributed by atoms with Crippen LogP contribution in [-0.4, -0.2) is 46.8 Å². The summed E-state index contributed by atoms with van der Waals surface area (Å²) in [5, 5.41) is 7.68. The predicted molar refractivity (Wildman–Crippen MR) is 85.9 cm³/mol. The molecule has 1 aliphatic rings. The van der Waals surface area contributed by atoms with Crippen LogP contribution in [0.4, 0.5) is 0 Å². The molecule has 5 heteroatoms. The molecule has 3 rings (SSSR count). The van der Waals surface area contributed by atoms with Gasteiger partial charge in [0.05, 0.1) is 18.3 Å². The van der Waals surface area contributed by atoms with E-state index in [2.05, 4.69) is 10.4 Å². The summed E-state index contributed by atoms with van der Waals surface area (Å²) in [5.41, 5.74) is 1.96. The van der Waals surface area contributed by atoms with Gasteiger partial charge in [0, 0.05) is 19.3 Å². The number of aromatic nitrogens is 2. The third-order valence-electron chi connectivity index (χ3n) is 4.26. The first-order valence-electron chi connectivity index (χ1n) is 7.79. The largest absolute Gasteiger partial charge is 0.342 e. The van der Waals surface area contributed by atoms with Crippen molar-refractivity contribution in [1.82, 2.24) is 20.0 Å². The second kappa shape index (κ2) is 6.75. The number of likely N-dealkylation sites (N-methyl/N-ethyl adjacent to an activating group) is 1. The first-order chi connectivity index (χ1) is 10.7. The van der Waals surface area contributed by atoms with E-state index in [1.165, 1.54) is 0 Å². The van der Waals surface area contributed by atoms with Crippen molar-refractivity contribution in [2.45, 2.75) is 25.3 Å². The van der Waals surface area contributed by atoms with Gasteiger partial charge >= 0.3 is 0 Å². The van der Waals surface area contributed by atoms with Gasteiger partial charge in [-0.2, -0.15) is 5.10 Å². The normalized spacial score (nSPS) is 15.7.